The first-order valence-corrected chi connectivity index (χ1v) is 12.3. The zero-order valence-corrected chi connectivity index (χ0v) is 21.7. The fraction of sp³-hybridized carbons (Fsp3) is 0.423. The second-order valence-corrected chi connectivity index (χ2v) is 9.28. The van der Waals surface area contributed by atoms with E-state index in [1.165, 1.54) is 0 Å². The molecule has 9 heteroatoms. The molecule has 35 heavy (non-hydrogen) atoms. The van der Waals surface area contributed by atoms with Gasteiger partial charge in [-0.25, -0.2) is 9.97 Å². The van der Waals surface area contributed by atoms with Crippen molar-refractivity contribution in [3.05, 3.63) is 63.7 Å². The van der Waals surface area contributed by atoms with Crippen LogP contribution in [0.5, 0.6) is 0 Å². The molecule has 1 saturated heterocycles. The van der Waals surface area contributed by atoms with Gasteiger partial charge in [-0.15, -0.1) is 0 Å². The number of anilines is 3. The molecule has 0 amide bonds. The smallest absolute Gasteiger partial charge is 0.277 e. The normalized spacial score (nSPS) is 17.6. The van der Waals surface area contributed by atoms with Gasteiger partial charge in [0.2, 0.25) is 0 Å². The van der Waals surface area contributed by atoms with Crippen LogP contribution in [0.4, 0.5) is 17.2 Å². The number of hydrogen-bond donors (Lipinski definition) is 1. The third kappa shape index (κ3) is 5.13. The monoisotopic (exact) mass is 496 g/mol. The highest BCUT2D eigenvalue weighted by Gasteiger charge is 2.35. The van der Waals surface area contributed by atoms with E-state index in [0.717, 1.165) is 17.1 Å². The molecule has 3 aromatic rings. The molecule has 2 aromatic heterocycles. The van der Waals surface area contributed by atoms with Gasteiger partial charge in [-0.05, 0) is 43.7 Å². The van der Waals surface area contributed by atoms with Crippen LogP contribution in [0.15, 0.2) is 47.4 Å². The van der Waals surface area contributed by atoms with Gasteiger partial charge < -0.3 is 19.9 Å². The average molecular weight is 497 g/mol. The second-order valence-electron chi connectivity index (χ2n) is 8.87. The number of nitrogens with zero attached hydrogens (tertiary/aromatic N) is 5. The minimum atomic E-state index is -0.133. The molecule has 1 aromatic carbocycles. The number of ether oxygens (including phenoxy) is 1. The number of hydrogen-bond acceptors (Lipinski definition) is 7. The maximum atomic E-state index is 13.6. The van der Waals surface area contributed by atoms with Gasteiger partial charge in [0.25, 0.3) is 5.56 Å². The maximum Gasteiger partial charge on any atom is 0.277 e. The molecule has 1 aliphatic rings. The summed E-state index contributed by atoms with van der Waals surface area (Å²) in [5.41, 5.74) is 2.80. The molecule has 0 aliphatic carbocycles. The average Bonchev–Trinajstić information content (AvgIpc) is 3.25. The van der Waals surface area contributed by atoms with E-state index in [0.29, 0.717) is 48.3 Å². The molecule has 0 spiro atoms. The van der Waals surface area contributed by atoms with Crippen molar-refractivity contribution in [2.75, 3.05) is 48.9 Å². The first-order valence-electron chi connectivity index (χ1n) is 11.9. The Hall–Kier alpha value is -3.10. The van der Waals surface area contributed by atoms with Crippen LogP contribution in [0.1, 0.15) is 19.5 Å². The lowest BCUT2D eigenvalue weighted by molar-refractivity contribution is 0.0719. The number of halogens is 1. The van der Waals surface area contributed by atoms with Gasteiger partial charge in [-0.1, -0.05) is 24.6 Å². The minimum Gasteiger partial charge on any atom is -0.378 e. The minimum absolute atomic E-state index is 0.0782. The molecule has 0 radical (unpaired) electrons. The van der Waals surface area contributed by atoms with Crippen LogP contribution in [0.2, 0.25) is 5.02 Å². The number of benzene rings is 1. The Morgan fingerprint density at radius 3 is 2.63 bits per heavy atom. The molecule has 0 saturated carbocycles. The second kappa shape index (κ2) is 10.7. The van der Waals surface area contributed by atoms with Crippen LogP contribution in [0.25, 0.3) is 11.4 Å². The van der Waals surface area contributed by atoms with Gasteiger partial charge in [0, 0.05) is 58.3 Å². The topological polar surface area (TPSA) is 75.5 Å². The maximum absolute atomic E-state index is 13.6. The zero-order chi connectivity index (χ0) is 25.1. The van der Waals surface area contributed by atoms with Gasteiger partial charge in [0.15, 0.2) is 0 Å². The zero-order valence-electron chi connectivity index (χ0n) is 21.0. The lowest BCUT2D eigenvalue weighted by Crippen LogP contribution is -2.38. The van der Waals surface area contributed by atoms with Gasteiger partial charge in [0.05, 0.1) is 22.9 Å². The molecule has 3 heterocycles. The summed E-state index contributed by atoms with van der Waals surface area (Å²) in [6.07, 6.45) is 2.31. The molecule has 1 fully saturated rings. The van der Waals surface area contributed by atoms with Crippen LogP contribution in [0.3, 0.4) is 0 Å². The highest BCUT2D eigenvalue weighted by atomic mass is 35.5. The Balaban J connectivity index is 1.68. The molecule has 186 valence electrons. The standard InChI is InChI=1S/C26H33ClN6O2/c1-6-20-24(29-21-15-33(16-22(21)35-7-2)23-10-8-9-13-28-23)26(34)32(5)25(30-20)18-12-11-17(31(3)4)14-19(18)27/h8-14,21-22,29H,6-7,15-16H2,1-5H3. The molecule has 2 unspecified atom stereocenters. The summed E-state index contributed by atoms with van der Waals surface area (Å²) in [4.78, 5) is 27.1. The van der Waals surface area contributed by atoms with E-state index in [1.54, 1.807) is 17.8 Å². The van der Waals surface area contributed by atoms with Crippen molar-refractivity contribution in [3.63, 3.8) is 0 Å². The molecule has 1 N–H and O–H groups in total. The van der Waals surface area contributed by atoms with Crippen molar-refractivity contribution in [1.82, 2.24) is 14.5 Å². The van der Waals surface area contributed by atoms with Crippen molar-refractivity contribution in [2.45, 2.75) is 32.4 Å². The fourth-order valence-corrected chi connectivity index (χ4v) is 4.72. The summed E-state index contributed by atoms with van der Waals surface area (Å²) in [5, 5.41) is 4.05. The summed E-state index contributed by atoms with van der Waals surface area (Å²) >= 11 is 6.61. The quantitative estimate of drug-likeness (QED) is 0.508. The van der Waals surface area contributed by atoms with Gasteiger partial charge in [-0.2, -0.15) is 0 Å². The van der Waals surface area contributed by atoms with Gasteiger partial charge in [0.1, 0.15) is 17.3 Å². The number of nitrogens with one attached hydrogen (secondary N) is 1. The highest BCUT2D eigenvalue weighted by Crippen LogP contribution is 2.31. The fourth-order valence-electron chi connectivity index (χ4n) is 4.46. The number of aryl methyl sites for hydroxylation is 1. The lowest BCUT2D eigenvalue weighted by atomic mass is 10.1. The van der Waals surface area contributed by atoms with E-state index < -0.39 is 0 Å². The van der Waals surface area contributed by atoms with Crippen molar-refractivity contribution in [3.8, 4) is 11.4 Å². The summed E-state index contributed by atoms with van der Waals surface area (Å²) in [5.74, 6) is 1.45. The van der Waals surface area contributed by atoms with Gasteiger partial charge >= 0.3 is 0 Å². The number of rotatable bonds is 8. The van der Waals surface area contributed by atoms with Crippen LogP contribution < -0.4 is 20.7 Å². The first-order chi connectivity index (χ1) is 16.8. The number of aromatic nitrogens is 3. The summed E-state index contributed by atoms with van der Waals surface area (Å²) in [6, 6.07) is 11.6. The Bertz CT molecular complexity index is 1230. The molecular weight excluding hydrogens is 464 g/mol. The van der Waals surface area contributed by atoms with E-state index >= 15 is 0 Å². The van der Waals surface area contributed by atoms with Crippen LogP contribution >= 0.6 is 11.6 Å². The number of pyridine rings is 1. The van der Waals surface area contributed by atoms with Gasteiger partial charge in [-0.3, -0.25) is 9.36 Å². The Morgan fingerprint density at radius 2 is 2.00 bits per heavy atom. The van der Waals surface area contributed by atoms with Crippen molar-refractivity contribution in [2.24, 2.45) is 7.05 Å². The van der Waals surface area contributed by atoms with Crippen molar-refractivity contribution in [1.29, 1.82) is 0 Å². The van der Waals surface area contributed by atoms with Crippen LogP contribution in [-0.2, 0) is 18.2 Å². The van der Waals surface area contributed by atoms with Crippen molar-refractivity contribution >= 4 is 28.8 Å². The molecule has 4 rings (SSSR count). The van der Waals surface area contributed by atoms with Crippen molar-refractivity contribution < 1.29 is 4.74 Å². The predicted molar refractivity (Wildman–Crippen MR) is 143 cm³/mol. The van der Waals surface area contributed by atoms with E-state index in [1.807, 2.05) is 69.2 Å². The van der Waals surface area contributed by atoms with E-state index in [-0.39, 0.29) is 17.7 Å². The first kappa shape index (κ1) is 25.0. The SMILES string of the molecule is CCOC1CN(c2ccccn2)CC1Nc1c(CC)nc(-c2ccc(N(C)C)cc2Cl)n(C)c1=O. The highest BCUT2D eigenvalue weighted by molar-refractivity contribution is 6.33. The molecule has 8 nitrogen and oxygen atoms in total. The summed E-state index contributed by atoms with van der Waals surface area (Å²) < 4.78 is 7.61. The summed E-state index contributed by atoms with van der Waals surface area (Å²) in [6.45, 7) is 5.95. The third-order valence-corrected chi connectivity index (χ3v) is 6.67. The Morgan fingerprint density at radius 1 is 1.20 bits per heavy atom. The summed E-state index contributed by atoms with van der Waals surface area (Å²) in [7, 11) is 5.66. The van der Waals surface area contributed by atoms with E-state index in [4.69, 9.17) is 21.3 Å². The lowest BCUT2D eigenvalue weighted by Gasteiger charge is -2.23. The van der Waals surface area contributed by atoms with Crippen LogP contribution in [-0.4, -0.2) is 60.5 Å². The Kier molecular flexibility index (Phi) is 7.62. The predicted octanol–water partition coefficient (Wildman–Crippen LogP) is 3.83. The molecule has 0 bridgehead atoms. The largest absolute Gasteiger partial charge is 0.378 e. The van der Waals surface area contributed by atoms with E-state index in [2.05, 4.69) is 15.2 Å². The molecule has 2 atom stereocenters. The van der Waals surface area contributed by atoms with Crippen LogP contribution in [0, 0.1) is 0 Å². The third-order valence-electron chi connectivity index (χ3n) is 6.36. The van der Waals surface area contributed by atoms with E-state index in [9.17, 15) is 4.79 Å². The Labute approximate surface area is 211 Å². The molecular formula is C26H33ClN6O2. The molecule has 1 aliphatic heterocycles.